The van der Waals surface area contributed by atoms with Crippen LogP contribution in [0.25, 0.3) is 0 Å². The zero-order chi connectivity index (χ0) is 7.72. The molecule has 0 radical (unpaired) electrons. The predicted molar refractivity (Wildman–Crippen MR) is 48.1 cm³/mol. The van der Waals surface area contributed by atoms with E-state index >= 15 is 0 Å². The second-order valence-electron chi connectivity index (χ2n) is 1.83. The molecular weight excluding hydrogens is 189 g/mol. The monoisotopic (exact) mass is 193 g/mol. The normalized spacial score (nSPS) is 9.90. The summed E-state index contributed by atoms with van der Waals surface area (Å²) in [4.78, 5) is 0.575. The van der Waals surface area contributed by atoms with Gasteiger partial charge in [-0.1, -0.05) is 23.2 Å². The van der Waals surface area contributed by atoms with Crippen LogP contribution in [-0.2, 0) is 0 Å². The van der Waals surface area contributed by atoms with Crippen LogP contribution >= 0.6 is 35.8 Å². The van der Waals surface area contributed by atoms with E-state index in [-0.39, 0.29) is 0 Å². The van der Waals surface area contributed by atoms with Gasteiger partial charge in [-0.25, -0.2) is 0 Å². The molecule has 1 aromatic carbocycles. The van der Waals surface area contributed by atoms with Crippen molar-refractivity contribution in [3.63, 3.8) is 0 Å². The van der Waals surface area contributed by atoms with Gasteiger partial charge in [-0.05, 0) is 12.1 Å². The quantitative estimate of drug-likeness (QED) is 0.482. The number of hydrogen-bond donors (Lipinski definition) is 2. The largest absolute Gasteiger partial charge is 0.398 e. The number of rotatable bonds is 0. The summed E-state index contributed by atoms with van der Waals surface area (Å²) in [7, 11) is 0. The average molecular weight is 194 g/mol. The van der Waals surface area contributed by atoms with Gasteiger partial charge < -0.3 is 5.73 Å². The number of nitrogens with two attached hydrogens (primary N) is 1. The van der Waals surface area contributed by atoms with Crippen molar-refractivity contribution in [2.45, 2.75) is 4.90 Å². The number of anilines is 1. The Morgan fingerprint density at radius 3 is 2.40 bits per heavy atom. The molecule has 0 atom stereocenters. The van der Waals surface area contributed by atoms with E-state index in [4.69, 9.17) is 28.9 Å². The number of hydrogen-bond acceptors (Lipinski definition) is 2. The summed E-state index contributed by atoms with van der Waals surface area (Å²) in [6.07, 6.45) is 0. The van der Waals surface area contributed by atoms with E-state index in [0.29, 0.717) is 20.6 Å². The summed E-state index contributed by atoms with van der Waals surface area (Å²) < 4.78 is 0. The van der Waals surface area contributed by atoms with Gasteiger partial charge in [-0.3, -0.25) is 0 Å². The van der Waals surface area contributed by atoms with Gasteiger partial charge in [0.2, 0.25) is 0 Å². The van der Waals surface area contributed by atoms with Crippen molar-refractivity contribution < 1.29 is 0 Å². The van der Waals surface area contributed by atoms with Crippen molar-refractivity contribution >= 4 is 41.5 Å². The molecule has 0 fully saturated rings. The van der Waals surface area contributed by atoms with Gasteiger partial charge in [-0.15, -0.1) is 12.6 Å². The summed E-state index contributed by atoms with van der Waals surface area (Å²) in [5, 5.41) is 1.01. The summed E-state index contributed by atoms with van der Waals surface area (Å²) in [6.45, 7) is 0. The van der Waals surface area contributed by atoms with Crippen molar-refractivity contribution in [3.8, 4) is 0 Å². The lowest BCUT2D eigenvalue weighted by Gasteiger charge is -2.00. The van der Waals surface area contributed by atoms with Crippen LogP contribution < -0.4 is 5.73 Å². The standard InChI is InChI=1S/C6H5Cl2NS/c7-3-1-4(8)6(10)5(9)2-3/h1-2,10H,9H2. The van der Waals surface area contributed by atoms with Gasteiger partial charge in [0.1, 0.15) is 0 Å². The maximum absolute atomic E-state index is 5.68. The lowest BCUT2D eigenvalue weighted by Crippen LogP contribution is -1.86. The van der Waals surface area contributed by atoms with Crippen molar-refractivity contribution in [1.29, 1.82) is 0 Å². The number of benzene rings is 1. The lowest BCUT2D eigenvalue weighted by molar-refractivity contribution is 1.47. The first kappa shape index (κ1) is 8.05. The average Bonchev–Trinajstić information content (AvgIpc) is 1.82. The Labute approximate surface area is 74.5 Å². The fourth-order valence-electron chi connectivity index (χ4n) is 0.586. The van der Waals surface area contributed by atoms with Crippen LogP contribution in [0.15, 0.2) is 17.0 Å². The molecule has 0 saturated heterocycles. The molecule has 0 saturated carbocycles. The third-order valence-electron chi connectivity index (χ3n) is 1.06. The molecule has 0 aliphatic heterocycles. The van der Waals surface area contributed by atoms with Crippen molar-refractivity contribution in [1.82, 2.24) is 0 Å². The molecule has 0 unspecified atom stereocenters. The lowest BCUT2D eigenvalue weighted by atomic mass is 10.3. The van der Waals surface area contributed by atoms with Crippen molar-refractivity contribution in [2.24, 2.45) is 0 Å². The smallest absolute Gasteiger partial charge is 0.0574 e. The van der Waals surface area contributed by atoms with E-state index in [1.54, 1.807) is 12.1 Å². The molecule has 54 valence electrons. The van der Waals surface area contributed by atoms with E-state index in [9.17, 15) is 0 Å². The molecule has 1 aromatic rings. The van der Waals surface area contributed by atoms with Crippen molar-refractivity contribution in [3.05, 3.63) is 22.2 Å². The topological polar surface area (TPSA) is 26.0 Å². The number of thiol groups is 1. The Bertz CT molecular complexity index is 239. The molecule has 0 aliphatic carbocycles. The van der Waals surface area contributed by atoms with Gasteiger partial charge in [0.25, 0.3) is 0 Å². The number of halogens is 2. The van der Waals surface area contributed by atoms with E-state index in [1.807, 2.05) is 0 Å². The molecule has 2 N–H and O–H groups in total. The van der Waals surface area contributed by atoms with Gasteiger partial charge in [0, 0.05) is 15.6 Å². The Morgan fingerprint density at radius 1 is 1.30 bits per heavy atom. The Hall–Kier alpha value is -0.0500. The molecule has 1 rings (SSSR count). The van der Waals surface area contributed by atoms with Gasteiger partial charge in [0.05, 0.1) is 5.02 Å². The molecular formula is C6H5Cl2NS. The van der Waals surface area contributed by atoms with Gasteiger partial charge in [-0.2, -0.15) is 0 Å². The molecule has 1 nitrogen and oxygen atoms in total. The summed E-state index contributed by atoms with van der Waals surface area (Å²) in [5.74, 6) is 0. The third kappa shape index (κ3) is 1.51. The first-order chi connectivity index (χ1) is 4.61. The Balaban J connectivity index is 3.31. The van der Waals surface area contributed by atoms with Gasteiger partial charge >= 0.3 is 0 Å². The zero-order valence-electron chi connectivity index (χ0n) is 4.94. The maximum atomic E-state index is 5.68. The van der Waals surface area contributed by atoms with E-state index in [2.05, 4.69) is 12.6 Å². The van der Waals surface area contributed by atoms with E-state index < -0.39 is 0 Å². The summed E-state index contributed by atoms with van der Waals surface area (Å²) >= 11 is 15.3. The summed E-state index contributed by atoms with van der Waals surface area (Å²) in [6, 6.07) is 3.21. The zero-order valence-corrected chi connectivity index (χ0v) is 7.34. The molecule has 0 bridgehead atoms. The SMILES string of the molecule is Nc1cc(Cl)cc(Cl)c1S. The highest BCUT2D eigenvalue weighted by Crippen LogP contribution is 2.29. The van der Waals surface area contributed by atoms with E-state index in [1.165, 1.54) is 0 Å². The minimum Gasteiger partial charge on any atom is -0.398 e. The van der Waals surface area contributed by atoms with E-state index in [0.717, 1.165) is 0 Å². The molecule has 0 aliphatic rings. The molecule has 0 amide bonds. The number of nitrogen functional groups attached to an aromatic ring is 1. The summed E-state index contributed by atoms with van der Waals surface area (Å²) in [5.41, 5.74) is 5.98. The van der Waals surface area contributed by atoms with Crippen LogP contribution in [-0.4, -0.2) is 0 Å². The molecule has 0 aromatic heterocycles. The second-order valence-corrected chi connectivity index (χ2v) is 3.12. The van der Waals surface area contributed by atoms with Gasteiger partial charge in [0.15, 0.2) is 0 Å². The minimum atomic E-state index is 0.480. The first-order valence-corrected chi connectivity index (χ1v) is 3.75. The van der Waals surface area contributed by atoms with Crippen LogP contribution in [0.4, 0.5) is 5.69 Å². The van der Waals surface area contributed by atoms with Crippen LogP contribution in [0.5, 0.6) is 0 Å². The van der Waals surface area contributed by atoms with Crippen LogP contribution in [0.2, 0.25) is 10.0 Å². The van der Waals surface area contributed by atoms with Crippen molar-refractivity contribution in [2.75, 3.05) is 5.73 Å². The second kappa shape index (κ2) is 2.91. The highest BCUT2D eigenvalue weighted by molar-refractivity contribution is 7.80. The van der Waals surface area contributed by atoms with Crippen LogP contribution in [0.1, 0.15) is 0 Å². The van der Waals surface area contributed by atoms with Crippen LogP contribution in [0.3, 0.4) is 0 Å². The fraction of sp³-hybridized carbons (Fsp3) is 0. The van der Waals surface area contributed by atoms with Crippen LogP contribution in [0, 0.1) is 0 Å². The third-order valence-corrected chi connectivity index (χ3v) is 2.20. The Morgan fingerprint density at radius 2 is 1.90 bits per heavy atom. The molecule has 10 heavy (non-hydrogen) atoms. The maximum Gasteiger partial charge on any atom is 0.0574 e. The minimum absolute atomic E-state index is 0.480. The highest BCUT2D eigenvalue weighted by atomic mass is 35.5. The fourth-order valence-corrected chi connectivity index (χ4v) is 1.22. The highest BCUT2D eigenvalue weighted by Gasteiger charge is 2.00. The predicted octanol–water partition coefficient (Wildman–Crippen LogP) is 2.86. The molecule has 0 spiro atoms. The Kier molecular flexibility index (Phi) is 2.34. The molecule has 0 heterocycles. The molecule has 4 heteroatoms. The first-order valence-electron chi connectivity index (χ1n) is 2.54.